The van der Waals surface area contributed by atoms with Crippen LogP contribution in [0, 0.1) is 11.6 Å². The molecule has 2 aromatic rings. The Hall–Kier alpha value is -2.96. The molecule has 1 aliphatic heterocycles. The molecular formula is C20H21F2N3O2. The molecule has 142 valence electrons. The zero-order valence-corrected chi connectivity index (χ0v) is 15.0. The van der Waals surface area contributed by atoms with Crippen molar-refractivity contribution in [1.29, 1.82) is 0 Å². The third kappa shape index (κ3) is 4.61. The van der Waals surface area contributed by atoms with E-state index >= 15 is 0 Å². The summed E-state index contributed by atoms with van der Waals surface area (Å²) < 4.78 is 26.3. The van der Waals surface area contributed by atoms with Crippen molar-refractivity contribution >= 4 is 17.6 Å². The second-order valence-corrected chi connectivity index (χ2v) is 6.57. The fraction of sp³-hybridized carbons (Fsp3) is 0.300. The van der Waals surface area contributed by atoms with Gasteiger partial charge in [-0.1, -0.05) is 6.07 Å². The number of carbonyl (C=O) groups is 2. The lowest BCUT2D eigenvalue weighted by molar-refractivity contribution is 0.0793. The van der Waals surface area contributed by atoms with Crippen molar-refractivity contribution in [3.63, 3.8) is 0 Å². The molecule has 0 saturated carbocycles. The van der Waals surface area contributed by atoms with Gasteiger partial charge >= 0.3 is 6.03 Å². The number of anilines is 1. The van der Waals surface area contributed by atoms with Crippen LogP contribution in [0.1, 0.15) is 41.7 Å². The molecule has 2 aromatic carbocycles. The highest BCUT2D eigenvalue weighted by Crippen LogP contribution is 2.17. The number of hydrogen-bond acceptors (Lipinski definition) is 2. The van der Waals surface area contributed by atoms with Crippen molar-refractivity contribution in [2.24, 2.45) is 0 Å². The van der Waals surface area contributed by atoms with Gasteiger partial charge in [-0.15, -0.1) is 0 Å². The van der Waals surface area contributed by atoms with E-state index in [1.54, 1.807) is 31.2 Å². The average Bonchev–Trinajstić information content (AvgIpc) is 3.18. The zero-order valence-electron chi connectivity index (χ0n) is 15.0. The van der Waals surface area contributed by atoms with Crippen LogP contribution in [0.25, 0.3) is 0 Å². The predicted molar refractivity (Wildman–Crippen MR) is 98.5 cm³/mol. The number of nitrogens with zero attached hydrogens (tertiary/aromatic N) is 1. The second-order valence-electron chi connectivity index (χ2n) is 6.57. The first-order chi connectivity index (χ1) is 12.9. The summed E-state index contributed by atoms with van der Waals surface area (Å²) in [6, 6.07) is 9.18. The van der Waals surface area contributed by atoms with Gasteiger partial charge in [-0.2, -0.15) is 0 Å². The number of rotatable bonds is 4. The lowest BCUT2D eigenvalue weighted by Crippen LogP contribution is -2.31. The topological polar surface area (TPSA) is 61.4 Å². The van der Waals surface area contributed by atoms with Crippen LogP contribution in [-0.2, 0) is 0 Å². The molecule has 1 heterocycles. The summed E-state index contributed by atoms with van der Waals surface area (Å²) in [6.45, 7) is 3.23. The Balaban J connectivity index is 1.57. The maximum Gasteiger partial charge on any atom is 0.319 e. The molecule has 2 N–H and O–H groups in total. The van der Waals surface area contributed by atoms with E-state index in [1.165, 1.54) is 6.07 Å². The minimum Gasteiger partial charge on any atom is -0.339 e. The summed E-state index contributed by atoms with van der Waals surface area (Å²) in [5, 5.41) is 5.32. The second kappa shape index (κ2) is 8.16. The van der Waals surface area contributed by atoms with E-state index in [0.29, 0.717) is 16.8 Å². The normalized spacial score (nSPS) is 14.7. The number of carbonyl (C=O) groups excluding carboxylic acids is 2. The zero-order chi connectivity index (χ0) is 19.4. The van der Waals surface area contributed by atoms with Crippen LogP contribution in [0.15, 0.2) is 42.5 Å². The van der Waals surface area contributed by atoms with Crippen molar-refractivity contribution < 1.29 is 18.4 Å². The number of likely N-dealkylation sites (tertiary alicyclic amines) is 1. The van der Waals surface area contributed by atoms with Gasteiger partial charge in [0.05, 0.1) is 6.04 Å². The molecule has 3 amide bonds. The van der Waals surface area contributed by atoms with E-state index in [2.05, 4.69) is 10.6 Å². The molecule has 0 aliphatic carbocycles. The van der Waals surface area contributed by atoms with Crippen molar-refractivity contribution in [3.8, 4) is 0 Å². The van der Waals surface area contributed by atoms with Crippen molar-refractivity contribution in [3.05, 3.63) is 65.2 Å². The molecule has 1 fully saturated rings. The number of hydrogen-bond donors (Lipinski definition) is 2. The van der Waals surface area contributed by atoms with Gasteiger partial charge in [-0.3, -0.25) is 4.79 Å². The lowest BCUT2D eigenvalue weighted by Gasteiger charge is -2.16. The quantitative estimate of drug-likeness (QED) is 0.848. The van der Waals surface area contributed by atoms with Crippen LogP contribution in [0.4, 0.5) is 19.3 Å². The molecule has 0 spiro atoms. The molecule has 7 heteroatoms. The number of amides is 3. The summed E-state index contributed by atoms with van der Waals surface area (Å²) in [5.41, 5.74) is 1.57. The van der Waals surface area contributed by atoms with Gasteiger partial charge in [0.2, 0.25) is 0 Å². The number of urea groups is 1. The Bertz CT molecular complexity index is 834. The molecule has 3 rings (SSSR count). The summed E-state index contributed by atoms with van der Waals surface area (Å²) in [5.74, 6) is -1.89. The average molecular weight is 373 g/mol. The van der Waals surface area contributed by atoms with Crippen LogP contribution in [0.3, 0.4) is 0 Å². The third-order valence-electron chi connectivity index (χ3n) is 4.57. The van der Waals surface area contributed by atoms with Gasteiger partial charge in [-0.25, -0.2) is 13.6 Å². The van der Waals surface area contributed by atoms with Crippen LogP contribution >= 0.6 is 0 Å². The van der Waals surface area contributed by atoms with Crippen LogP contribution in [0.2, 0.25) is 0 Å². The first kappa shape index (κ1) is 18.8. The van der Waals surface area contributed by atoms with E-state index in [4.69, 9.17) is 0 Å². The van der Waals surface area contributed by atoms with Gasteiger partial charge in [0.25, 0.3) is 5.91 Å². The largest absolute Gasteiger partial charge is 0.339 e. The molecule has 0 radical (unpaired) electrons. The molecule has 5 nitrogen and oxygen atoms in total. The Kier molecular flexibility index (Phi) is 5.69. The Morgan fingerprint density at radius 2 is 1.67 bits per heavy atom. The Morgan fingerprint density at radius 1 is 1.00 bits per heavy atom. The maximum atomic E-state index is 13.3. The molecule has 0 aromatic heterocycles. The van der Waals surface area contributed by atoms with Crippen LogP contribution in [0.5, 0.6) is 0 Å². The first-order valence-electron chi connectivity index (χ1n) is 8.86. The lowest BCUT2D eigenvalue weighted by atomic mass is 10.1. The first-order valence-corrected chi connectivity index (χ1v) is 8.86. The van der Waals surface area contributed by atoms with E-state index in [1.807, 2.05) is 4.90 Å². The van der Waals surface area contributed by atoms with E-state index in [-0.39, 0.29) is 5.91 Å². The van der Waals surface area contributed by atoms with Gasteiger partial charge < -0.3 is 15.5 Å². The molecule has 1 atom stereocenters. The van der Waals surface area contributed by atoms with E-state index < -0.39 is 23.7 Å². The number of benzene rings is 2. The van der Waals surface area contributed by atoms with Crippen molar-refractivity contribution in [1.82, 2.24) is 10.2 Å². The third-order valence-corrected chi connectivity index (χ3v) is 4.57. The highest BCUT2D eigenvalue weighted by atomic mass is 19.2. The van der Waals surface area contributed by atoms with Gasteiger partial charge in [0.15, 0.2) is 11.6 Å². The number of nitrogens with one attached hydrogen (secondary N) is 2. The molecule has 0 bridgehead atoms. The minimum absolute atomic E-state index is 0.00420. The fourth-order valence-corrected chi connectivity index (χ4v) is 3.03. The fourth-order valence-electron chi connectivity index (χ4n) is 3.03. The van der Waals surface area contributed by atoms with Crippen LogP contribution in [-0.4, -0.2) is 29.9 Å². The summed E-state index contributed by atoms with van der Waals surface area (Å²) in [4.78, 5) is 26.2. The van der Waals surface area contributed by atoms with Crippen molar-refractivity contribution in [2.45, 2.75) is 25.8 Å². The van der Waals surface area contributed by atoms with Crippen molar-refractivity contribution in [2.75, 3.05) is 18.4 Å². The smallest absolute Gasteiger partial charge is 0.319 e. The number of halogens is 2. The summed E-state index contributed by atoms with van der Waals surface area (Å²) in [7, 11) is 0. The highest BCUT2D eigenvalue weighted by Gasteiger charge is 2.19. The molecule has 1 saturated heterocycles. The highest BCUT2D eigenvalue weighted by molar-refractivity contribution is 5.95. The van der Waals surface area contributed by atoms with E-state index in [0.717, 1.165) is 38.1 Å². The maximum absolute atomic E-state index is 13.3. The van der Waals surface area contributed by atoms with E-state index in [9.17, 15) is 18.4 Å². The Morgan fingerprint density at radius 3 is 2.30 bits per heavy atom. The van der Waals surface area contributed by atoms with Gasteiger partial charge in [-0.05, 0) is 61.7 Å². The SMILES string of the molecule is CC(NC(=O)Nc1ccc(C(=O)N2CCCC2)cc1)c1ccc(F)c(F)c1. The standard InChI is InChI=1S/C20H21F2N3O2/c1-13(15-6-9-17(21)18(22)12-15)23-20(27)24-16-7-4-14(5-8-16)19(26)25-10-2-3-11-25/h4-9,12-13H,2-3,10-11H2,1H3,(H2,23,24,27). The van der Waals surface area contributed by atoms with Gasteiger partial charge in [0.1, 0.15) is 0 Å². The van der Waals surface area contributed by atoms with Crippen LogP contribution < -0.4 is 10.6 Å². The van der Waals surface area contributed by atoms with Gasteiger partial charge in [0, 0.05) is 24.3 Å². The molecule has 27 heavy (non-hydrogen) atoms. The summed E-state index contributed by atoms with van der Waals surface area (Å²) >= 11 is 0. The Labute approximate surface area is 156 Å². The molecule has 1 aliphatic rings. The minimum atomic E-state index is -0.959. The monoisotopic (exact) mass is 373 g/mol. The molecule has 1 unspecified atom stereocenters. The summed E-state index contributed by atoms with van der Waals surface area (Å²) in [6.07, 6.45) is 2.06. The molecular weight excluding hydrogens is 352 g/mol. The predicted octanol–water partition coefficient (Wildman–Crippen LogP) is 4.08.